The van der Waals surface area contributed by atoms with Crippen molar-refractivity contribution in [3.05, 3.63) is 17.8 Å². The second kappa shape index (κ2) is 8.83. The number of pyridine rings is 1. The van der Waals surface area contributed by atoms with E-state index in [9.17, 15) is 27.9 Å². The van der Waals surface area contributed by atoms with Gasteiger partial charge in [0.25, 0.3) is 11.8 Å². The van der Waals surface area contributed by atoms with Gasteiger partial charge in [-0.05, 0) is 25.5 Å². The number of nitrogens with zero attached hydrogens (tertiary/aromatic N) is 4. The number of hydrogen-bond acceptors (Lipinski definition) is 7. The summed E-state index contributed by atoms with van der Waals surface area (Å²) in [6.07, 6.45) is -3.11. The number of carbonyl (C=O) groups is 2. The molecule has 3 aliphatic heterocycles. The van der Waals surface area contributed by atoms with Gasteiger partial charge in [-0.15, -0.1) is 0 Å². The molecule has 32 heavy (non-hydrogen) atoms. The van der Waals surface area contributed by atoms with Crippen molar-refractivity contribution in [2.45, 2.75) is 37.2 Å². The van der Waals surface area contributed by atoms with Gasteiger partial charge in [0.1, 0.15) is 6.04 Å². The average Bonchev–Trinajstić information content (AvgIpc) is 3.29. The van der Waals surface area contributed by atoms with Crippen molar-refractivity contribution in [2.75, 3.05) is 56.2 Å². The van der Waals surface area contributed by atoms with Crippen LogP contribution in [0.5, 0.6) is 0 Å². The quantitative estimate of drug-likeness (QED) is 0.653. The Hall–Kier alpha value is -2.44. The van der Waals surface area contributed by atoms with E-state index in [2.05, 4.69) is 10.3 Å². The third kappa shape index (κ3) is 4.39. The lowest BCUT2D eigenvalue weighted by molar-refractivity contribution is -0.145. The van der Waals surface area contributed by atoms with Crippen LogP contribution in [0.25, 0.3) is 0 Å². The summed E-state index contributed by atoms with van der Waals surface area (Å²) in [4.78, 5) is 33.7. The molecule has 0 aliphatic carbocycles. The maximum absolute atomic E-state index is 13.1. The molecule has 176 valence electrons. The highest BCUT2D eigenvalue weighted by molar-refractivity contribution is 6.05. The van der Waals surface area contributed by atoms with Crippen molar-refractivity contribution in [2.24, 2.45) is 0 Å². The molecule has 2 amide bonds. The van der Waals surface area contributed by atoms with Gasteiger partial charge in [0, 0.05) is 32.4 Å². The van der Waals surface area contributed by atoms with Crippen molar-refractivity contribution in [1.82, 2.24) is 15.2 Å². The number of aliphatic hydroxyl groups excluding tert-OH is 1. The summed E-state index contributed by atoms with van der Waals surface area (Å²) in [5.41, 5.74) is -0.853. The first-order valence-electron chi connectivity index (χ1n) is 10.6. The second-order valence-corrected chi connectivity index (χ2v) is 8.30. The number of aliphatic hydroxyl groups is 1. The molecule has 2 N–H and O–H groups in total. The van der Waals surface area contributed by atoms with Crippen LogP contribution < -0.4 is 15.1 Å². The van der Waals surface area contributed by atoms with E-state index < -0.39 is 35.7 Å². The summed E-state index contributed by atoms with van der Waals surface area (Å²) in [5, 5.41) is 13.5. The predicted octanol–water partition coefficient (Wildman–Crippen LogP) is 0.224. The van der Waals surface area contributed by atoms with Crippen molar-refractivity contribution in [3.63, 3.8) is 0 Å². The minimum absolute atomic E-state index is 0.00535. The number of halogens is 3. The first kappa shape index (κ1) is 22.7. The largest absolute Gasteiger partial charge is 0.417 e. The Morgan fingerprint density at radius 1 is 1.41 bits per heavy atom. The lowest BCUT2D eigenvalue weighted by Gasteiger charge is -2.46. The molecule has 0 saturated carbocycles. The van der Waals surface area contributed by atoms with Gasteiger partial charge in [-0.25, -0.2) is 4.98 Å². The Morgan fingerprint density at radius 3 is 2.88 bits per heavy atom. The van der Waals surface area contributed by atoms with Gasteiger partial charge in [-0.2, -0.15) is 13.2 Å². The summed E-state index contributed by atoms with van der Waals surface area (Å²) in [7, 11) is 1.39. The Bertz CT molecular complexity index is 877. The number of anilines is 2. The third-order valence-electron chi connectivity index (χ3n) is 6.16. The number of fused-ring (bicyclic) bond motifs is 3. The molecule has 3 atom stereocenters. The van der Waals surface area contributed by atoms with Gasteiger partial charge in [0.2, 0.25) is 0 Å². The number of likely N-dealkylation sites (N-methyl/N-ethyl adjacent to an activating group) is 1. The van der Waals surface area contributed by atoms with Crippen molar-refractivity contribution in [1.29, 1.82) is 0 Å². The highest BCUT2D eigenvalue weighted by atomic mass is 19.4. The predicted molar refractivity (Wildman–Crippen MR) is 108 cm³/mol. The molecule has 0 radical (unpaired) electrons. The van der Waals surface area contributed by atoms with Crippen molar-refractivity contribution < 1.29 is 32.6 Å². The highest BCUT2D eigenvalue weighted by Crippen LogP contribution is 2.39. The van der Waals surface area contributed by atoms with E-state index in [-0.39, 0.29) is 43.8 Å². The van der Waals surface area contributed by atoms with E-state index in [1.807, 2.05) is 0 Å². The Kier molecular flexibility index (Phi) is 6.28. The van der Waals surface area contributed by atoms with E-state index in [1.165, 1.54) is 11.9 Å². The Morgan fingerprint density at radius 2 is 2.19 bits per heavy atom. The van der Waals surface area contributed by atoms with E-state index in [0.29, 0.717) is 6.61 Å². The fourth-order valence-corrected chi connectivity index (χ4v) is 4.36. The monoisotopic (exact) mass is 457 g/mol. The molecule has 0 aromatic carbocycles. The van der Waals surface area contributed by atoms with E-state index >= 15 is 0 Å². The van der Waals surface area contributed by atoms with Crippen molar-refractivity contribution >= 4 is 23.3 Å². The van der Waals surface area contributed by atoms with Gasteiger partial charge < -0.3 is 29.9 Å². The SMILES string of the molecule is CN1C(=O)C2CN(C(=O)C(O)COC[C@@H]3CCCN3)CCN2c2ncc(C(F)(F)F)cc21. The molecule has 0 bridgehead atoms. The van der Waals surface area contributed by atoms with Crippen LogP contribution in [0, 0.1) is 0 Å². The molecule has 4 rings (SSSR count). The summed E-state index contributed by atoms with van der Waals surface area (Å²) < 4.78 is 44.7. The highest BCUT2D eigenvalue weighted by Gasteiger charge is 2.44. The zero-order chi connectivity index (χ0) is 23.0. The molecule has 0 spiro atoms. The Labute approximate surface area is 183 Å². The number of ether oxygens (including phenoxy) is 1. The minimum Gasteiger partial charge on any atom is -0.381 e. The summed E-state index contributed by atoms with van der Waals surface area (Å²) >= 11 is 0. The number of aromatic nitrogens is 1. The van der Waals surface area contributed by atoms with Gasteiger partial charge >= 0.3 is 6.18 Å². The maximum atomic E-state index is 13.1. The topological polar surface area (TPSA) is 98.2 Å². The van der Waals surface area contributed by atoms with Gasteiger partial charge in [-0.3, -0.25) is 9.59 Å². The van der Waals surface area contributed by atoms with Crippen LogP contribution in [0.15, 0.2) is 12.3 Å². The Balaban J connectivity index is 1.41. The number of rotatable bonds is 5. The number of alkyl halides is 3. The normalized spacial score (nSPS) is 24.4. The van der Waals surface area contributed by atoms with E-state index in [0.717, 1.165) is 36.5 Å². The standard InChI is InChI=1S/C20H26F3N5O4/c1-26-14-7-12(20(21,22)23)8-25-17(14)28-6-5-27(9-15(28)18(26)30)19(31)16(29)11-32-10-13-3-2-4-24-13/h7-8,13,15-16,24,29H,2-6,9-11H2,1H3/t13-,15?,16?/m0/s1. The molecule has 4 heterocycles. The van der Waals surface area contributed by atoms with Gasteiger partial charge in [0.15, 0.2) is 11.9 Å². The number of hydrogen-bond donors (Lipinski definition) is 2. The van der Waals surface area contributed by atoms with Gasteiger partial charge in [-0.1, -0.05) is 0 Å². The minimum atomic E-state index is -4.57. The van der Waals surface area contributed by atoms with Crippen molar-refractivity contribution in [3.8, 4) is 0 Å². The summed E-state index contributed by atoms with van der Waals surface area (Å²) in [6.45, 7) is 1.62. The van der Waals surface area contributed by atoms with Crippen LogP contribution in [0.1, 0.15) is 18.4 Å². The molecule has 2 fully saturated rings. The van der Waals surface area contributed by atoms with Crippen LogP contribution in [0.3, 0.4) is 0 Å². The molecular weight excluding hydrogens is 431 g/mol. The molecule has 9 nitrogen and oxygen atoms in total. The molecule has 1 aromatic rings. The lowest BCUT2D eigenvalue weighted by Crippen LogP contribution is -2.64. The molecule has 12 heteroatoms. The fraction of sp³-hybridized carbons (Fsp3) is 0.650. The van der Waals surface area contributed by atoms with Crippen LogP contribution in [-0.2, 0) is 20.5 Å². The number of carbonyl (C=O) groups excluding carboxylic acids is 2. The fourth-order valence-electron chi connectivity index (χ4n) is 4.36. The third-order valence-corrected chi connectivity index (χ3v) is 6.16. The van der Waals surface area contributed by atoms with Gasteiger partial charge in [0.05, 0.1) is 31.0 Å². The maximum Gasteiger partial charge on any atom is 0.417 e. The van der Waals surface area contributed by atoms with Crippen LogP contribution >= 0.6 is 0 Å². The summed E-state index contributed by atoms with van der Waals surface area (Å²) in [6, 6.07) is 0.348. The van der Waals surface area contributed by atoms with Crippen LogP contribution in [-0.4, -0.2) is 91.4 Å². The number of amides is 2. The second-order valence-electron chi connectivity index (χ2n) is 8.30. The number of piperazine rings is 1. The zero-order valence-corrected chi connectivity index (χ0v) is 17.6. The zero-order valence-electron chi connectivity index (χ0n) is 17.6. The average molecular weight is 457 g/mol. The molecule has 1 aromatic heterocycles. The van der Waals surface area contributed by atoms with Crippen LogP contribution in [0.4, 0.5) is 24.7 Å². The smallest absolute Gasteiger partial charge is 0.381 e. The van der Waals surface area contributed by atoms with Crippen LogP contribution in [0.2, 0.25) is 0 Å². The van der Waals surface area contributed by atoms with E-state index in [4.69, 9.17) is 4.74 Å². The van der Waals surface area contributed by atoms with E-state index in [1.54, 1.807) is 4.90 Å². The molecule has 2 unspecified atom stereocenters. The lowest BCUT2D eigenvalue weighted by atomic mass is 10.0. The first-order valence-corrected chi connectivity index (χ1v) is 10.6. The first-order chi connectivity index (χ1) is 15.2. The molecule has 3 aliphatic rings. The molecular formula is C20H26F3N5O4. The number of nitrogens with one attached hydrogen (secondary N) is 1. The molecule has 2 saturated heterocycles. The summed E-state index contributed by atoms with van der Waals surface area (Å²) in [5.74, 6) is -0.704.